The molecule has 5 rings (SSSR count). The van der Waals surface area contributed by atoms with E-state index in [0.717, 1.165) is 49.7 Å². The molecule has 2 aromatic carbocycles. The molecule has 0 aliphatic carbocycles. The van der Waals surface area contributed by atoms with Crippen molar-refractivity contribution in [1.82, 2.24) is 9.80 Å². The molecule has 2 atom stereocenters. The van der Waals surface area contributed by atoms with Crippen molar-refractivity contribution in [3.05, 3.63) is 65.2 Å². The number of likely N-dealkylation sites (tertiary alicyclic amines) is 1. The number of carbonyl (C=O) groups excluding carboxylic acids is 1. The van der Waals surface area contributed by atoms with Gasteiger partial charge in [-0.05, 0) is 75.7 Å². The first-order chi connectivity index (χ1) is 15.9. The van der Waals surface area contributed by atoms with Gasteiger partial charge in [0, 0.05) is 12.0 Å². The van der Waals surface area contributed by atoms with Crippen molar-refractivity contribution in [2.45, 2.75) is 65.6 Å². The molecule has 1 amide bonds. The minimum atomic E-state index is -0.317. The Kier molecular flexibility index (Phi) is 6.22. The van der Waals surface area contributed by atoms with Crippen LogP contribution in [0.4, 0.5) is 0 Å². The summed E-state index contributed by atoms with van der Waals surface area (Å²) in [6.07, 6.45) is 5.32. The van der Waals surface area contributed by atoms with E-state index in [-0.39, 0.29) is 11.6 Å². The van der Waals surface area contributed by atoms with E-state index in [9.17, 15) is 4.79 Å². The van der Waals surface area contributed by atoms with Gasteiger partial charge in [-0.25, -0.2) is 0 Å². The van der Waals surface area contributed by atoms with Crippen LogP contribution >= 0.6 is 0 Å². The molecule has 4 heteroatoms. The lowest BCUT2D eigenvalue weighted by molar-refractivity contribution is -0.142. The third-order valence-electron chi connectivity index (χ3n) is 8.45. The summed E-state index contributed by atoms with van der Waals surface area (Å²) in [6, 6.07) is 17.2. The van der Waals surface area contributed by atoms with Gasteiger partial charge in [0.05, 0.1) is 12.0 Å². The van der Waals surface area contributed by atoms with Gasteiger partial charge in [0.25, 0.3) is 0 Å². The van der Waals surface area contributed by atoms with Gasteiger partial charge in [-0.1, -0.05) is 61.9 Å². The maximum Gasteiger partial charge on any atom is 0.232 e. The highest BCUT2D eigenvalue weighted by Crippen LogP contribution is 2.48. The van der Waals surface area contributed by atoms with Gasteiger partial charge in [-0.15, -0.1) is 0 Å². The first kappa shape index (κ1) is 22.5. The number of rotatable bonds is 6. The van der Waals surface area contributed by atoms with Gasteiger partial charge in [-0.3, -0.25) is 4.79 Å². The van der Waals surface area contributed by atoms with Crippen LogP contribution in [0.3, 0.4) is 0 Å². The second-order valence-electron chi connectivity index (χ2n) is 10.9. The SMILES string of the molecule is Cc1ccc2c(c1)CN1C(=O)C(CCN3CCC(Cc4ccccc4)CC3)(C(C)C)CC1O2. The molecular formula is C29H38N2O2. The monoisotopic (exact) mass is 446 g/mol. The topological polar surface area (TPSA) is 32.8 Å². The van der Waals surface area contributed by atoms with Gasteiger partial charge in [0.15, 0.2) is 6.23 Å². The summed E-state index contributed by atoms with van der Waals surface area (Å²) >= 11 is 0. The van der Waals surface area contributed by atoms with E-state index in [2.05, 4.69) is 74.2 Å². The van der Waals surface area contributed by atoms with Crippen molar-refractivity contribution >= 4 is 5.91 Å². The van der Waals surface area contributed by atoms with Crippen molar-refractivity contribution < 1.29 is 9.53 Å². The molecule has 0 N–H and O–H groups in total. The van der Waals surface area contributed by atoms with Crippen LogP contribution < -0.4 is 4.74 Å². The van der Waals surface area contributed by atoms with E-state index in [1.807, 2.05) is 4.90 Å². The molecule has 0 spiro atoms. The number of hydrogen-bond donors (Lipinski definition) is 0. The van der Waals surface area contributed by atoms with Crippen molar-refractivity contribution in [2.24, 2.45) is 17.3 Å². The fraction of sp³-hybridized carbons (Fsp3) is 0.552. The molecule has 0 bridgehead atoms. The zero-order chi connectivity index (χ0) is 23.0. The summed E-state index contributed by atoms with van der Waals surface area (Å²) in [7, 11) is 0. The molecule has 33 heavy (non-hydrogen) atoms. The van der Waals surface area contributed by atoms with Crippen LogP contribution in [0.1, 0.15) is 56.2 Å². The van der Waals surface area contributed by atoms with E-state index >= 15 is 0 Å². The zero-order valence-electron chi connectivity index (χ0n) is 20.4. The van der Waals surface area contributed by atoms with E-state index in [1.165, 1.54) is 30.4 Å². The number of hydrogen-bond acceptors (Lipinski definition) is 3. The largest absolute Gasteiger partial charge is 0.470 e. The van der Waals surface area contributed by atoms with E-state index < -0.39 is 0 Å². The third kappa shape index (κ3) is 4.42. The van der Waals surface area contributed by atoms with Gasteiger partial charge < -0.3 is 14.5 Å². The number of piperidine rings is 1. The lowest BCUT2D eigenvalue weighted by atomic mass is 9.72. The minimum Gasteiger partial charge on any atom is -0.470 e. The Morgan fingerprint density at radius 2 is 1.85 bits per heavy atom. The van der Waals surface area contributed by atoms with Crippen LogP contribution in [0, 0.1) is 24.2 Å². The molecule has 2 aromatic rings. The average Bonchev–Trinajstić information content (AvgIpc) is 3.10. The third-order valence-corrected chi connectivity index (χ3v) is 8.45. The molecular weight excluding hydrogens is 408 g/mol. The Morgan fingerprint density at radius 1 is 1.09 bits per heavy atom. The van der Waals surface area contributed by atoms with E-state index in [0.29, 0.717) is 18.4 Å². The predicted octanol–water partition coefficient (Wildman–Crippen LogP) is 5.43. The summed E-state index contributed by atoms with van der Waals surface area (Å²) in [5, 5.41) is 0. The van der Waals surface area contributed by atoms with Crippen LogP contribution in [0.5, 0.6) is 5.75 Å². The average molecular weight is 447 g/mol. The highest BCUT2D eigenvalue weighted by molar-refractivity contribution is 5.86. The summed E-state index contributed by atoms with van der Waals surface area (Å²) < 4.78 is 6.34. The second-order valence-corrected chi connectivity index (χ2v) is 10.9. The first-order valence-electron chi connectivity index (χ1n) is 12.8. The number of nitrogens with zero attached hydrogens (tertiary/aromatic N) is 2. The standard InChI is InChI=1S/C29H38N2O2/c1-21(2)29(13-16-30-14-11-24(12-15-30)18-23-7-5-4-6-8-23)19-27-31(28(29)32)20-25-17-22(3)9-10-26(25)33-27/h4-10,17,21,24,27H,11-16,18-20H2,1-3H3. The first-order valence-corrected chi connectivity index (χ1v) is 12.8. The van der Waals surface area contributed by atoms with E-state index in [4.69, 9.17) is 4.74 Å². The molecule has 2 fully saturated rings. The molecule has 2 unspecified atom stereocenters. The summed E-state index contributed by atoms with van der Waals surface area (Å²) in [5.74, 6) is 2.34. The van der Waals surface area contributed by atoms with Crippen LogP contribution in [0.25, 0.3) is 0 Å². The Labute approximate surface area is 198 Å². The zero-order valence-corrected chi connectivity index (χ0v) is 20.4. The van der Waals surface area contributed by atoms with Gasteiger partial charge in [0.2, 0.25) is 5.91 Å². The fourth-order valence-corrected chi connectivity index (χ4v) is 6.18. The van der Waals surface area contributed by atoms with Crippen LogP contribution in [-0.4, -0.2) is 41.6 Å². The Bertz CT molecular complexity index is 980. The van der Waals surface area contributed by atoms with Crippen LogP contribution in [0.15, 0.2) is 48.5 Å². The molecule has 0 saturated carbocycles. The predicted molar refractivity (Wildman–Crippen MR) is 132 cm³/mol. The number of fused-ring (bicyclic) bond motifs is 2. The quantitative estimate of drug-likeness (QED) is 0.593. The summed E-state index contributed by atoms with van der Waals surface area (Å²) in [6.45, 7) is 10.5. The van der Waals surface area contributed by atoms with Gasteiger partial charge >= 0.3 is 0 Å². The molecule has 3 aliphatic rings. The Morgan fingerprint density at radius 3 is 2.58 bits per heavy atom. The lowest BCUT2D eigenvalue weighted by Crippen LogP contribution is -2.44. The summed E-state index contributed by atoms with van der Waals surface area (Å²) in [4.78, 5) is 18.4. The molecule has 0 radical (unpaired) electrons. The number of amides is 1. The smallest absolute Gasteiger partial charge is 0.232 e. The molecule has 2 saturated heterocycles. The van der Waals surface area contributed by atoms with Crippen molar-refractivity contribution in [3.8, 4) is 5.75 Å². The normalized spacial score (nSPS) is 25.8. The maximum atomic E-state index is 13.8. The Hall–Kier alpha value is -2.33. The van der Waals surface area contributed by atoms with Crippen LogP contribution in [-0.2, 0) is 17.8 Å². The van der Waals surface area contributed by atoms with Gasteiger partial charge in [-0.2, -0.15) is 0 Å². The minimum absolute atomic E-state index is 0.119. The molecule has 3 aliphatic heterocycles. The summed E-state index contributed by atoms with van der Waals surface area (Å²) in [5.41, 5.74) is 3.50. The number of aryl methyl sites for hydroxylation is 1. The molecule has 3 heterocycles. The molecule has 0 aromatic heterocycles. The van der Waals surface area contributed by atoms with Crippen molar-refractivity contribution in [1.29, 1.82) is 0 Å². The lowest BCUT2D eigenvalue weighted by Gasteiger charge is -2.36. The maximum absolute atomic E-state index is 13.8. The fourth-order valence-electron chi connectivity index (χ4n) is 6.18. The number of carbonyl (C=O) groups is 1. The molecule has 4 nitrogen and oxygen atoms in total. The Balaban J connectivity index is 1.20. The van der Waals surface area contributed by atoms with E-state index in [1.54, 1.807) is 0 Å². The highest BCUT2D eigenvalue weighted by Gasteiger charge is 2.55. The number of benzene rings is 2. The van der Waals surface area contributed by atoms with Crippen molar-refractivity contribution in [2.75, 3.05) is 19.6 Å². The van der Waals surface area contributed by atoms with Gasteiger partial charge in [0.1, 0.15) is 5.75 Å². The number of ether oxygens (including phenoxy) is 1. The molecule has 176 valence electrons. The van der Waals surface area contributed by atoms with Crippen LogP contribution in [0.2, 0.25) is 0 Å². The highest BCUT2D eigenvalue weighted by atomic mass is 16.5. The second kappa shape index (κ2) is 9.13. The van der Waals surface area contributed by atoms with Crippen molar-refractivity contribution in [3.63, 3.8) is 0 Å².